The van der Waals surface area contributed by atoms with Crippen LogP contribution in [0.1, 0.15) is 54.5 Å². The number of carbonyl (C=O) groups excluding carboxylic acids is 1. The van der Waals surface area contributed by atoms with Crippen LogP contribution in [-0.2, 0) is 13.0 Å². The molecule has 7 heteroatoms. The zero-order valence-electron chi connectivity index (χ0n) is 18.8. The lowest BCUT2D eigenvalue weighted by atomic mass is 10.1. The summed E-state index contributed by atoms with van der Waals surface area (Å²) < 4.78 is 7.27. The van der Waals surface area contributed by atoms with Crippen molar-refractivity contribution in [1.29, 1.82) is 0 Å². The highest BCUT2D eigenvalue weighted by Crippen LogP contribution is 2.30. The molecule has 1 amide bonds. The maximum Gasteiger partial charge on any atom is 0.251 e. The van der Waals surface area contributed by atoms with Crippen molar-refractivity contribution in [2.24, 2.45) is 0 Å². The molecular weight excluding hydrogens is 408 g/mol. The number of methoxy groups -OCH3 is 1. The number of benzene rings is 2. The van der Waals surface area contributed by atoms with E-state index in [4.69, 9.17) is 4.74 Å². The molecule has 1 unspecified atom stereocenters. The molecule has 6 nitrogen and oxygen atoms in total. The molecule has 164 valence electrons. The van der Waals surface area contributed by atoms with Crippen molar-refractivity contribution in [3.63, 3.8) is 0 Å². The number of hydrogen-bond donors (Lipinski definition) is 1. The fourth-order valence-corrected chi connectivity index (χ4v) is 4.22. The predicted octanol–water partition coefficient (Wildman–Crippen LogP) is 4.97. The number of aromatic nitrogens is 3. The quantitative estimate of drug-likeness (QED) is 0.478. The molecule has 0 spiro atoms. The number of amides is 1. The minimum atomic E-state index is -0.158. The molecular formula is C24H30N4O2S. The maximum atomic E-state index is 12.7. The van der Waals surface area contributed by atoms with Gasteiger partial charge in [0.25, 0.3) is 5.91 Å². The summed E-state index contributed by atoms with van der Waals surface area (Å²) in [7, 11) is 1.60. The second kappa shape index (κ2) is 10.5. The zero-order valence-corrected chi connectivity index (χ0v) is 19.6. The summed E-state index contributed by atoms with van der Waals surface area (Å²) in [6.45, 7) is 8.89. The van der Waals surface area contributed by atoms with E-state index in [1.54, 1.807) is 43.1 Å². The van der Waals surface area contributed by atoms with E-state index in [0.717, 1.165) is 40.8 Å². The Labute approximate surface area is 188 Å². The highest BCUT2D eigenvalue weighted by molar-refractivity contribution is 7.99. The van der Waals surface area contributed by atoms with E-state index < -0.39 is 0 Å². The molecule has 0 saturated heterocycles. The van der Waals surface area contributed by atoms with Gasteiger partial charge in [-0.05, 0) is 55.2 Å². The Hall–Kier alpha value is -2.80. The highest BCUT2D eigenvalue weighted by atomic mass is 32.2. The molecule has 0 fully saturated rings. The number of carbonyl (C=O) groups is 1. The van der Waals surface area contributed by atoms with Crippen molar-refractivity contribution in [3.05, 3.63) is 65.0 Å². The molecule has 1 heterocycles. The van der Waals surface area contributed by atoms with E-state index >= 15 is 0 Å². The number of ether oxygens (including phenoxy) is 1. The Bertz CT molecular complexity index is 1030. The van der Waals surface area contributed by atoms with Crippen LogP contribution in [0.4, 0.5) is 0 Å². The third-order valence-corrected chi connectivity index (χ3v) is 6.48. The van der Waals surface area contributed by atoms with E-state index in [0.29, 0.717) is 10.8 Å². The molecule has 31 heavy (non-hydrogen) atoms. The Morgan fingerprint density at radius 1 is 1.16 bits per heavy atom. The molecule has 0 aliphatic rings. The van der Waals surface area contributed by atoms with Gasteiger partial charge in [0.05, 0.1) is 19.3 Å². The number of thioether (sulfide) groups is 1. The Morgan fingerprint density at radius 2 is 1.90 bits per heavy atom. The Balaban J connectivity index is 1.92. The van der Waals surface area contributed by atoms with Gasteiger partial charge in [-0.1, -0.05) is 50.7 Å². The molecule has 2 aromatic carbocycles. The predicted molar refractivity (Wildman–Crippen MR) is 125 cm³/mol. The Kier molecular flexibility index (Phi) is 7.74. The molecule has 1 atom stereocenters. The zero-order chi connectivity index (χ0) is 22.4. The molecule has 0 saturated carbocycles. The summed E-state index contributed by atoms with van der Waals surface area (Å²) in [5, 5.41) is 13.2. The first kappa shape index (κ1) is 22.9. The second-order valence-electron chi connectivity index (χ2n) is 7.42. The first-order valence-electron chi connectivity index (χ1n) is 10.6. The fraction of sp³-hybridized carbons (Fsp3) is 0.375. The van der Waals surface area contributed by atoms with Gasteiger partial charge in [-0.2, -0.15) is 0 Å². The van der Waals surface area contributed by atoms with Gasteiger partial charge >= 0.3 is 0 Å². The van der Waals surface area contributed by atoms with Crippen LogP contribution in [-0.4, -0.2) is 33.0 Å². The van der Waals surface area contributed by atoms with Crippen LogP contribution in [0, 0.1) is 6.92 Å². The molecule has 0 aliphatic carbocycles. The van der Waals surface area contributed by atoms with Crippen molar-refractivity contribution in [3.8, 4) is 11.4 Å². The minimum Gasteiger partial charge on any atom is -0.497 e. The van der Waals surface area contributed by atoms with Crippen LogP contribution >= 0.6 is 11.8 Å². The third-order valence-electron chi connectivity index (χ3n) is 5.27. The first-order valence-corrected chi connectivity index (χ1v) is 11.5. The normalized spacial score (nSPS) is 11.9. The fourth-order valence-electron chi connectivity index (χ4n) is 3.31. The van der Waals surface area contributed by atoms with E-state index in [-0.39, 0.29) is 12.5 Å². The second-order valence-corrected chi connectivity index (χ2v) is 8.82. The lowest BCUT2D eigenvalue weighted by Gasteiger charge is -2.18. The van der Waals surface area contributed by atoms with Crippen molar-refractivity contribution >= 4 is 17.7 Å². The van der Waals surface area contributed by atoms with Crippen LogP contribution in [0.15, 0.2) is 47.6 Å². The third kappa shape index (κ3) is 5.28. The van der Waals surface area contributed by atoms with Gasteiger partial charge in [0.15, 0.2) is 11.0 Å². The number of para-hydroxylation sites is 1. The van der Waals surface area contributed by atoms with Gasteiger partial charge in [-0.25, -0.2) is 0 Å². The SMILES string of the molecule is CCc1cccc(C)c1-n1c(CNC(=O)c2ccc(OC)cc2)nnc1SC(C)CC. The summed E-state index contributed by atoms with van der Waals surface area (Å²) >= 11 is 1.71. The van der Waals surface area contributed by atoms with Crippen molar-refractivity contribution in [2.75, 3.05) is 7.11 Å². The van der Waals surface area contributed by atoms with Gasteiger partial charge in [-0.3, -0.25) is 9.36 Å². The van der Waals surface area contributed by atoms with Crippen molar-refractivity contribution in [2.45, 2.75) is 57.5 Å². The molecule has 1 N–H and O–H groups in total. The molecule has 3 rings (SSSR count). The van der Waals surface area contributed by atoms with Gasteiger partial charge < -0.3 is 10.1 Å². The lowest BCUT2D eigenvalue weighted by Crippen LogP contribution is -2.25. The van der Waals surface area contributed by atoms with Crippen LogP contribution in [0.2, 0.25) is 0 Å². The Morgan fingerprint density at radius 3 is 2.55 bits per heavy atom. The summed E-state index contributed by atoms with van der Waals surface area (Å²) in [5.74, 6) is 1.28. The van der Waals surface area contributed by atoms with Gasteiger partial charge in [0.2, 0.25) is 0 Å². The van der Waals surface area contributed by atoms with Gasteiger partial charge in [0.1, 0.15) is 5.75 Å². The lowest BCUT2D eigenvalue weighted by molar-refractivity contribution is 0.0949. The van der Waals surface area contributed by atoms with Crippen LogP contribution < -0.4 is 10.1 Å². The molecule has 3 aromatic rings. The maximum absolute atomic E-state index is 12.7. The van der Waals surface area contributed by atoms with E-state index in [9.17, 15) is 4.79 Å². The minimum absolute atomic E-state index is 0.158. The molecule has 0 radical (unpaired) electrons. The van der Waals surface area contributed by atoms with Crippen molar-refractivity contribution < 1.29 is 9.53 Å². The smallest absolute Gasteiger partial charge is 0.251 e. The van der Waals surface area contributed by atoms with Crippen LogP contribution in [0.5, 0.6) is 5.75 Å². The molecule has 1 aromatic heterocycles. The topological polar surface area (TPSA) is 69.0 Å². The number of nitrogens with one attached hydrogen (secondary N) is 1. The van der Waals surface area contributed by atoms with Crippen molar-refractivity contribution in [1.82, 2.24) is 20.1 Å². The molecule has 0 bridgehead atoms. The number of aryl methyl sites for hydroxylation is 2. The average molecular weight is 439 g/mol. The monoisotopic (exact) mass is 438 g/mol. The van der Waals surface area contributed by atoms with Gasteiger partial charge in [0, 0.05) is 10.8 Å². The highest BCUT2D eigenvalue weighted by Gasteiger charge is 2.20. The average Bonchev–Trinajstić information content (AvgIpc) is 3.18. The van der Waals surface area contributed by atoms with Crippen LogP contribution in [0.25, 0.3) is 5.69 Å². The number of hydrogen-bond acceptors (Lipinski definition) is 5. The van der Waals surface area contributed by atoms with Gasteiger partial charge in [-0.15, -0.1) is 10.2 Å². The standard InChI is InChI=1S/C24H30N4O2S/c1-6-17(4)31-24-27-26-21(28(24)22-16(3)9-8-10-18(22)7-2)15-25-23(29)19-11-13-20(30-5)14-12-19/h8-14,17H,6-7,15H2,1-5H3,(H,25,29). The number of nitrogens with zero attached hydrogens (tertiary/aromatic N) is 3. The molecule has 0 aliphatic heterocycles. The van der Waals surface area contributed by atoms with E-state index in [1.807, 2.05) is 0 Å². The summed E-state index contributed by atoms with van der Waals surface area (Å²) in [5.41, 5.74) is 4.07. The number of rotatable bonds is 9. The summed E-state index contributed by atoms with van der Waals surface area (Å²) in [6.07, 6.45) is 1.94. The summed E-state index contributed by atoms with van der Waals surface area (Å²) in [6, 6.07) is 13.4. The van der Waals surface area contributed by atoms with E-state index in [2.05, 4.69) is 66.0 Å². The summed E-state index contributed by atoms with van der Waals surface area (Å²) in [4.78, 5) is 12.7. The van der Waals surface area contributed by atoms with Crippen LogP contribution in [0.3, 0.4) is 0 Å². The first-order chi connectivity index (χ1) is 15.0. The van der Waals surface area contributed by atoms with E-state index in [1.165, 1.54) is 5.56 Å². The largest absolute Gasteiger partial charge is 0.497 e.